The number of rotatable bonds is 6. The van der Waals surface area contributed by atoms with Crippen LogP contribution in [-0.4, -0.2) is 27.5 Å². The Kier molecular flexibility index (Phi) is 6.68. The van der Waals surface area contributed by atoms with E-state index in [-0.39, 0.29) is 16.7 Å². The van der Waals surface area contributed by atoms with Crippen LogP contribution < -0.4 is 4.72 Å². The summed E-state index contributed by atoms with van der Waals surface area (Å²) in [6, 6.07) is 12.5. The molecule has 0 amide bonds. The quantitative estimate of drug-likeness (QED) is 0.738. The Morgan fingerprint density at radius 2 is 1.63 bits per heavy atom. The van der Waals surface area contributed by atoms with Crippen molar-refractivity contribution in [3.8, 4) is 0 Å². The largest absolute Gasteiger partial charge is 0.468 e. The van der Waals surface area contributed by atoms with Gasteiger partial charge in [0.2, 0.25) is 10.0 Å². The normalized spacial score (nSPS) is 13.2. The lowest BCUT2D eigenvalue weighted by atomic mass is 9.87. The molecule has 0 spiro atoms. The number of halogens is 1. The van der Waals surface area contributed by atoms with Crippen LogP contribution in [0.25, 0.3) is 0 Å². The lowest BCUT2D eigenvalue weighted by Gasteiger charge is -2.20. The fourth-order valence-corrected chi connectivity index (χ4v) is 3.87. The Balaban J connectivity index is 2.24. The number of hydrogen-bond acceptors (Lipinski definition) is 4. The molecular weight excluding hydrogens is 386 g/mol. The highest BCUT2D eigenvalue weighted by Gasteiger charge is 2.27. The lowest BCUT2D eigenvalue weighted by Crippen LogP contribution is -2.43. The van der Waals surface area contributed by atoms with Crippen LogP contribution in [0.2, 0.25) is 5.02 Å². The number of hydrogen-bond donors (Lipinski definition) is 1. The van der Waals surface area contributed by atoms with Gasteiger partial charge < -0.3 is 4.74 Å². The molecule has 0 aliphatic heterocycles. The second-order valence-corrected chi connectivity index (χ2v) is 9.45. The number of esters is 1. The molecule has 2 rings (SSSR count). The van der Waals surface area contributed by atoms with Crippen LogP contribution in [-0.2, 0) is 31.4 Å². The third-order valence-corrected chi connectivity index (χ3v) is 5.91. The topological polar surface area (TPSA) is 72.5 Å². The predicted octanol–water partition coefficient (Wildman–Crippen LogP) is 3.70. The molecule has 0 aliphatic carbocycles. The maximum Gasteiger partial charge on any atom is 0.324 e. The van der Waals surface area contributed by atoms with E-state index in [1.807, 2.05) is 20.8 Å². The number of nitrogens with one attached hydrogen (secondary N) is 1. The lowest BCUT2D eigenvalue weighted by molar-refractivity contribution is -0.142. The Labute approximate surface area is 165 Å². The minimum Gasteiger partial charge on any atom is -0.468 e. The van der Waals surface area contributed by atoms with E-state index in [1.54, 1.807) is 48.5 Å². The Hall–Kier alpha value is -1.89. The monoisotopic (exact) mass is 409 g/mol. The predicted molar refractivity (Wildman–Crippen MR) is 106 cm³/mol. The van der Waals surface area contributed by atoms with Crippen molar-refractivity contribution in [2.24, 2.45) is 0 Å². The first-order valence-corrected chi connectivity index (χ1v) is 10.3. The molecule has 0 fully saturated rings. The third-order valence-electron chi connectivity index (χ3n) is 4.17. The fourth-order valence-electron chi connectivity index (χ4n) is 2.56. The number of benzene rings is 2. The smallest absolute Gasteiger partial charge is 0.324 e. The Morgan fingerprint density at radius 3 is 2.11 bits per heavy atom. The zero-order chi connectivity index (χ0) is 20.2. The number of methoxy groups -OCH3 is 1. The summed E-state index contributed by atoms with van der Waals surface area (Å²) in [4.78, 5) is 12.2. The summed E-state index contributed by atoms with van der Waals surface area (Å²) in [5.74, 6) is -0.653. The molecular formula is C20H24ClNO4S. The number of ether oxygens (including phenoxy) is 1. The van der Waals surface area contributed by atoms with Gasteiger partial charge in [0.25, 0.3) is 0 Å². The minimum absolute atomic E-state index is 0.0845. The number of sulfonamides is 1. The summed E-state index contributed by atoms with van der Waals surface area (Å²) in [6.07, 6.45) is 0.156. The zero-order valence-electron chi connectivity index (χ0n) is 15.8. The summed E-state index contributed by atoms with van der Waals surface area (Å²) >= 11 is 5.87. The molecule has 7 heteroatoms. The van der Waals surface area contributed by atoms with Crippen LogP contribution in [0.4, 0.5) is 0 Å². The fraction of sp³-hybridized carbons (Fsp3) is 0.350. The van der Waals surface area contributed by atoms with Gasteiger partial charge in [0.15, 0.2) is 0 Å². The van der Waals surface area contributed by atoms with Crippen molar-refractivity contribution < 1.29 is 17.9 Å². The Bertz CT molecular complexity index is 885. The van der Waals surface area contributed by atoms with Gasteiger partial charge in [-0.3, -0.25) is 4.79 Å². The number of carbonyl (C=O) groups excluding carboxylic acids is 1. The van der Waals surface area contributed by atoms with Crippen molar-refractivity contribution in [3.05, 3.63) is 64.7 Å². The summed E-state index contributed by atoms with van der Waals surface area (Å²) < 4.78 is 32.7. The molecule has 1 unspecified atom stereocenters. The van der Waals surface area contributed by atoms with Gasteiger partial charge in [0, 0.05) is 5.02 Å². The van der Waals surface area contributed by atoms with Gasteiger partial charge in [0.1, 0.15) is 6.04 Å². The van der Waals surface area contributed by atoms with Gasteiger partial charge in [-0.25, -0.2) is 8.42 Å². The highest BCUT2D eigenvalue weighted by Crippen LogP contribution is 2.23. The van der Waals surface area contributed by atoms with Gasteiger partial charge in [-0.15, -0.1) is 0 Å². The molecule has 0 radical (unpaired) electrons. The molecule has 0 aliphatic rings. The first-order valence-electron chi connectivity index (χ1n) is 8.48. The van der Waals surface area contributed by atoms with E-state index < -0.39 is 22.0 Å². The first-order chi connectivity index (χ1) is 12.5. The summed E-state index contributed by atoms with van der Waals surface area (Å²) in [6.45, 7) is 6.15. The molecule has 27 heavy (non-hydrogen) atoms. The Morgan fingerprint density at radius 1 is 1.07 bits per heavy atom. The molecule has 0 saturated heterocycles. The average Bonchev–Trinajstić information content (AvgIpc) is 2.61. The summed E-state index contributed by atoms with van der Waals surface area (Å²) in [7, 11) is -2.66. The van der Waals surface area contributed by atoms with Crippen molar-refractivity contribution in [1.29, 1.82) is 0 Å². The van der Waals surface area contributed by atoms with Crippen molar-refractivity contribution >= 4 is 27.6 Å². The SMILES string of the molecule is COC(=O)C(Cc1ccc(Cl)cc1)NS(=O)(=O)c1ccc(C(C)(C)C)cc1. The van der Waals surface area contributed by atoms with E-state index in [9.17, 15) is 13.2 Å². The summed E-state index contributed by atoms with van der Waals surface area (Å²) in [5.41, 5.74) is 1.70. The van der Waals surface area contributed by atoms with Crippen LogP contribution in [0.15, 0.2) is 53.4 Å². The summed E-state index contributed by atoms with van der Waals surface area (Å²) in [5, 5.41) is 0.563. The van der Waals surface area contributed by atoms with E-state index >= 15 is 0 Å². The van der Waals surface area contributed by atoms with Gasteiger partial charge >= 0.3 is 5.97 Å². The van der Waals surface area contributed by atoms with Crippen LogP contribution in [0.5, 0.6) is 0 Å². The maximum atomic E-state index is 12.7. The van der Waals surface area contributed by atoms with Gasteiger partial charge in [-0.2, -0.15) is 4.72 Å². The van der Waals surface area contributed by atoms with E-state index in [2.05, 4.69) is 4.72 Å². The van der Waals surface area contributed by atoms with Gasteiger partial charge in [-0.1, -0.05) is 56.6 Å². The molecule has 1 N–H and O–H groups in total. The van der Waals surface area contributed by atoms with Crippen LogP contribution >= 0.6 is 11.6 Å². The molecule has 0 bridgehead atoms. The van der Waals surface area contributed by atoms with Gasteiger partial charge in [0.05, 0.1) is 12.0 Å². The highest BCUT2D eigenvalue weighted by molar-refractivity contribution is 7.89. The van der Waals surface area contributed by atoms with Crippen LogP contribution in [0, 0.1) is 0 Å². The first kappa shape index (κ1) is 21.4. The third kappa shape index (κ3) is 5.79. The van der Waals surface area contributed by atoms with Crippen LogP contribution in [0.1, 0.15) is 31.9 Å². The van der Waals surface area contributed by atoms with Crippen molar-refractivity contribution in [2.45, 2.75) is 43.5 Å². The maximum absolute atomic E-state index is 12.7. The molecule has 0 heterocycles. The molecule has 2 aromatic carbocycles. The number of carbonyl (C=O) groups is 1. The van der Waals surface area contributed by atoms with Crippen LogP contribution in [0.3, 0.4) is 0 Å². The van der Waals surface area contributed by atoms with Crippen molar-refractivity contribution in [1.82, 2.24) is 4.72 Å². The minimum atomic E-state index is -3.88. The van der Waals surface area contributed by atoms with E-state index in [0.717, 1.165) is 11.1 Å². The standard InChI is InChI=1S/C20H24ClNO4S/c1-20(2,3)15-7-11-17(12-8-15)27(24,25)22-18(19(23)26-4)13-14-5-9-16(21)10-6-14/h5-12,18,22H,13H2,1-4H3. The van der Waals surface area contributed by atoms with E-state index in [4.69, 9.17) is 16.3 Å². The van der Waals surface area contributed by atoms with Crippen molar-refractivity contribution in [3.63, 3.8) is 0 Å². The molecule has 1 atom stereocenters. The average molecular weight is 410 g/mol. The van der Waals surface area contributed by atoms with Gasteiger partial charge in [-0.05, 0) is 47.2 Å². The van der Waals surface area contributed by atoms with E-state index in [0.29, 0.717) is 5.02 Å². The van der Waals surface area contributed by atoms with Crippen molar-refractivity contribution in [2.75, 3.05) is 7.11 Å². The zero-order valence-corrected chi connectivity index (χ0v) is 17.4. The molecule has 0 aromatic heterocycles. The molecule has 0 saturated carbocycles. The molecule has 2 aromatic rings. The molecule has 5 nitrogen and oxygen atoms in total. The second kappa shape index (κ2) is 8.42. The second-order valence-electron chi connectivity index (χ2n) is 7.30. The molecule has 146 valence electrons. The highest BCUT2D eigenvalue weighted by atomic mass is 35.5. The van der Waals surface area contributed by atoms with E-state index in [1.165, 1.54) is 7.11 Å².